The van der Waals surface area contributed by atoms with Crippen molar-refractivity contribution in [2.75, 3.05) is 13.2 Å². The molecule has 0 aromatic heterocycles. The second kappa shape index (κ2) is 7.56. The molecular weight excluding hydrogens is 384 g/mol. The summed E-state index contributed by atoms with van der Waals surface area (Å²) in [5.41, 5.74) is 0.873. The molecule has 1 aromatic carbocycles. The zero-order valence-electron chi connectivity index (χ0n) is 12.3. The van der Waals surface area contributed by atoms with Gasteiger partial charge in [-0.25, -0.2) is 0 Å². The van der Waals surface area contributed by atoms with Crippen LogP contribution in [-0.2, 0) is 9.59 Å². The van der Waals surface area contributed by atoms with Gasteiger partial charge in [0.2, 0.25) is 0 Å². The van der Waals surface area contributed by atoms with E-state index in [1.165, 1.54) is 4.90 Å². The fourth-order valence-corrected chi connectivity index (χ4v) is 2.72. The molecule has 8 heteroatoms. The van der Waals surface area contributed by atoms with E-state index >= 15 is 0 Å². The number of thiocarbonyl (C=S) groups is 1. The van der Waals surface area contributed by atoms with Crippen molar-refractivity contribution in [2.24, 2.45) is 0 Å². The number of rotatable bonds is 6. The predicted octanol–water partition coefficient (Wildman–Crippen LogP) is 1.05. The van der Waals surface area contributed by atoms with Crippen LogP contribution in [0.1, 0.15) is 18.9 Å². The molecule has 1 amide bonds. The lowest BCUT2D eigenvalue weighted by molar-refractivity contribution is -0.307. The van der Waals surface area contributed by atoms with Crippen LogP contribution < -0.4 is 15.2 Å². The first kappa shape index (κ1) is 17.4. The minimum atomic E-state index is -1.32. The number of hydrogen-bond acceptors (Lipinski definition) is 5. The van der Waals surface area contributed by atoms with E-state index in [2.05, 4.69) is 21.2 Å². The summed E-state index contributed by atoms with van der Waals surface area (Å²) in [6.45, 7) is 1.92. The number of aliphatic carboxylic acids is 1. The average Bonchev–Trinajstić information content (AvgIpc) is 2.74. The van der Waals surface area contributed by atoms with Gasteiger partial charge >= 0.3 is 0 Å². The minimum Gasteiger partial charge on any atom is -0.546 e. The summed E-state index contributed by atoms with van der Waals surface area (Å²) in [7, 11) is 0. The summed E-state index contributed by atoms with van der Waals surface area (Å²) in [5, 5.41) is 13.8. The van der Waals surface area contributed by atoms with E-state index in [1.807, 2.05) is 6.92 Å². The van der Waals surface area contributed by atoms with Crippen LogP contribution in [0.5, 0.6) is 5.75 Å². The van der Waals surface area contributed by atoms with Crippen molar-refractivity contribution in [3.05, 3.63) is 33.9 Å². The van der Waals surface area contributed by atoms with Crippen LogP contribution in [0.3, 0.4) is 0 Å². The van der Waals surface area contributed by atoms with Gasteiger partial charge in [0.15, 0.2) is 5.11 Å². The first-order chi connectivity index (χ1) is 10.9. The fourth-order valence-electron chi connectivity index (χ4n) is 2.05. The molecule has 1 aromatic rings. The molecule has 1 heterocycles. The normalized spacial score (nSPS) is 15.9. The zero-order chi connectivity index (χ0) is 17.0. The van der Waals surface area contributed by atoms with Crippen molar-refractivity contribution >= 4 is 51.2 Å². The topological polar surface area (TPSA) is 81.7 Å². The van der Waals surface area contributed by atoms with Crippen molar-refractivity contribution in [2.45, 2.75) is 13.3 Å². The maximum absolute atomic E-state index is 12.3. The second-order valence-corrected chi connectivity index (χ2v) is 6.09. The molecule has 1 fully saturated rings. The van der Waals surface area contributed by atoms with Gasteiger partial charge in [0.05, 0.1) is 5.97 Å². The minimum absolute atomic E-state index is 0.220. The number of nitrogens with zero attached hydrogens (tertiary/aromatic N) is 1. The molecule has 0 saturated carbocycles. The van der Waals surface area contributed by atoms with Gasteiger partial charge in [-0.1, -0.05) is 22.9 Å². The lowest BCUT2D eigenvalue weighted by Gasteiger charge is -2.11. The Hall–Kier alpha value is -1.93. The van der Waals surface area contributed by atoms with E-state index in [0.29, 0.717) is 28.7 Å². The number of nitrogens with one attached hydrogen (secondary N) is 1. The molecule has 0 radical (unpaired) electrons. The van der Waals surface area contributed by atoms with E-state index in [9.17, 15) is 14.7 Å². The molecule has 0 spiro atoms. The van der Waals surface area contributed by atoms with Crippen LogP contribution in [-0.4, -0.2) is 35.0 Å². The molecule has 0 bridgehead atoms. The van der Waals surface area contributed by atoms with E-state index in [0.717, 1.165) is 10.9 Å². The highest BCUT2D eigenvalue weighted by atomic mass is 79.9. The summed E-state index contributed by atoms with van der Waals surface area (Å²) in [5.74, 6) is -1.21. The highest BCUT2D eigenvalue weighted by molar-refractivity contribution is 9.10. The Labute approximate surface area is 147 Å². The predicted molar refractivity (Wildman–Crippen MR) is 90.4 cm³/mol. The fraction of sp³-hybridized carbons (Fsp3) is 0.267. The third kappa shape index (κ3) is 4.29. The molecule has 0 aliphatic carbocycles. The number of amides is 1. The van der Waals surface area contributed by atoms with Gasteiger partial charge in [0, 0.05) is 16.6 Å². The highest BCUT2D eigenvalue weighted by Gasteiger charge is 2.29. The number of benzene rings is 1. The van der Waals surface area contributed by atoms with Crippen LogP contribution in [0.4, 0.5) is 0 Å². The van der Waals surface area contributed by atoms with Gasteiger partial charge in [0.25, 0.3) is 5.91 Å². The number of carboxylic acid groups (broad SMARTS) is 1. The van der Waals surface area contributed by atoms with E-state index < -0.39 is 12.6 Å². The lowest BCUT2D eigenvalue weighted by Crippen LogP contribution is -2.31. The van der Waals surface area contributed by atoms with Crippen molar-refractivity contribution in [3.8, 4) is 5.75 Å². The van der Waals surface area contributed by atoms with E-state index in [4.69, 9.17) is 17.0 Å². The molecule has 1 aliphatic heterocycles. The maximum Gasteiger partial charge on any atom is 0.276 e. The Balaban J connectivity index is 2.31. The number of halogens is 1. The number of carboxylic acids is 1. The Morgan fingerprint density at radius 3 is 2.91 bits per heavy atom. The Morgan fingerprint density at radius 2 is 2.26 bits per heavy atom. The van der Waals surface area contributed by atoms with Gasteiger partial charge in [0.1, 0.15) is 18.1 Å². The molecule has 1 N–H and O–H groups in total. The summed E-state index contributed by atoms with van der Waals surface area (Å²) in [4.78, 5) is 24.4. The molecule has 1 saturated heterocycles. The summed E-state index contributed by atoms with van der Waals surface area (Å²) in [6.07, 6.45) is 2.37. The van der Waals surface area contributed by atoms with Crippen LogP contribution in [0.2, 0.25) is 0 Å². The first-order valence-corrected chi connectivity index (χ1v) is 8.09. The number of hydrogen-bond donors (Lipinski definition) is 1. The molecule has 2 rings (SSSR count). The lowest BCUT2D eigenvalue weighted by atomic mass is 10.1. The van der Waals surface area contributed by atoms with Gasteiger partial charge in [-0.2, -0.15) is 0 Å². The van der Waals surface area contributed by atoms with Gasteiger partial charge in [-0.15, -0.1) is 0 Å². The van der Waals surface area contributed by atoms with Crippen LogP contribution in [0.25, 0.3) is 6.08 Å². The van der Waals surface area contributed by atoms with Crippen LogP contribution in [0.15, 0.2) is 28.4 Å². The van der Waals surface area contributed by atoms with E-state index in [1.54, 1.807) is 24.3 Å². The molecule has 122 valence electrons. The van der Waals surface area contributed by atoms with Gasteiger partial charge in [-0.05, 0) is 42.9 Å². The molecule has 6 nitrogen and oxygen atoms in total. The molecule has 23 heavy (non-hydrogen) atoms. The average molecular weight is 398 g/mol. The van der Waals surface area contributed by atoms with Crippen molar-refractivity contribution in [3.63, 3.8) is 0 Å². The molecule has 0 unspecified atom stereocenters. The van der Waals surface area contributed by atoms with Crippen molar-refractivity contribution in [1.82, 2.24) is 10.2 Å². The summed E-state index contributed by atoms with van der Waals surface area (Å²) < 4.78 is 5.95. The molecule has 0 atom stereocenters. The summed E-state index contributed by atoms with van der Waals surface area (Å²) in [6, 6.07) is 5.05. The standard InChI is InChI=1S/C15H15BrN2O4S/c1-2-5-18-14(21)11(17-15(18)23)7-9-6-10(16)3-4-12(9)22-8-13(19)20/h3-4,6-7H,2,5,8H2,1H3,(H,17,23)(H,19,20)/p-1/b11-7-. The third-order valence-corrected chi connectivity index (χ3v) is 3.84. The van der Waals surface area contributed by atoms with Crippen LogP contribution >= 0.6 is 28.1 Å². The SMILES string of the molecule is CCCN1C(=O)/C(=C/c2cc(Br)ccc2OCC(=O)[O-])NC1=S. The Bertz CT molecular complexity index is 690. The highest BCUT2D eigenvalue weighted by Crippen LogP contribution is 2.26. The first-order valence-electron chi connectivity index (χ1n) is 6.89. The molecule has 1 aliphatic rings. The Morgan fingerprint density at radius 1 is 1.52 bits per heavy atom. The van der Waals surface area contributed by atoms with Crippen molar-refractivity contribution in [1.29, 1.82) is 0 Å². The third-order valence-electron chi connectivity index (χ3n) is 3.03. The summed E-state index contributed by atoms with van der Waals surface area (Å²) >= 11 is 8.48. The number of carbonyl (C=O) groups is 2. The largest absolute Gasteiger partial charge is 0.546 e. The number of ether oxygens (including phenoxy) is 1. The monoisotopic (exact) mass is 397 g/mol. The van der Waals surface area contributed by atoms with E-state index in [-0.39, 0.29) is 5.91 Å². The zero-order valence-corrected chi connectivity index (χ0v) is 14.7. The Kier molecular flexibility index (Phi) is 5.73. The van der Waals surface area contributed by atoms with Crippen molar-refractivity contribution < 1.29 is 19.4 Å². The number of carbonyl (C=O) groups excluding carboxylic acids is 2. The van der Waals surface area contributed by atoms with Gasteiger partial charge in [-0.3, -0.25) is 9.69 Å². The van der Waals surface area contributed by atoms with Crippen LogP contribution in [0, 0.1) is 0 Å². The maximum atomic E-state index is 12.3. The molecular formula is C15H14BrN2O4S-. The second-order valence-electron chi connectivity index (χ2n) is 4.79. The van der Waals surface area contributed by atoms with Gasteiger partial charge < -0.3 is 20.0 Å². The smallest absolute Gasteiger partial charge is 0.276 e. The quantitative estimate of drug-likeness (QED) is 0.570.